The van der Waals surface area contributed by atoms with Crippen molar-refractivity contribution < 1.29 is 19.1 Å². The minimum atomic E-state index is -0.268. The van der Waals surface area contributed by atoms with Crippen LogP contribution in [0.5, 0.6) is 5.75 Å². The number of esters is 1. The average molecular weight is 321 g/mol. The lowest BCUT2D eigenvalue weighted by Crippen LogP contribution is -2.32. The molecule has 2 rings (SSSR count). The number of anilines is 1. The number of thiocarbonyl (C=S) groups is 1. The third-order valence-electron chi connectivity index (χ3n) is 3.32. The van der Waals surface area contributed by atoms with Gasteiger partial charge >= 0.3 is 5.97 Å². The van der Waals surface area contributed by atoms with Gasteiger partial charge in [-0.2, -0.15) is 0 Å². The number of hydrogen-bond donors (Lipinski definition) is 1. The van der Waals surface area contributed by atoms with Crippen molar-refractivity contribution in [2.75, 3.05) is 11.9 Å². The molecule has 6 heteroatoms. The van der Waals surface area contributed by atoms with Gasteiger partial charge in [0, 0.05) is 18.4 Å². The maximum Gasteiger partial charge on any atom is 0.305 e. The molecule has 1 N–H and O–H groups in total. The zero-order chi connectivity index (χ0) is 16.1. The van der Waals surface area contributed by atoms with E-state index in [1.165, 1.54) is 0 Å². The van der Waals surface area contributed by atoms with Gasteiger partial charge in [-0.1, -0.05) is 12.2 Å². The summed E-state index contributed by atoms with van der Waals surface area (Å²) >= 11 is 5.16. The first-order valence-corrected chi connectivity index (χ1v) is 7.72. The Hall–Kier alpha value is -1.95. The fraction of sp³-hybridized carbons (Fsp3) is 0.438. The van der Waals surface area contributed by atoms with E-state index < -0.39 is 0 Å². The smallest absolute Gasteiger partial charge is 0.305 e. The van der Waals surface area contributed by atoms with Gasteiger partial charge in [0.25, 0.3) is 0 Å². The van der Waals surface area contributed by atoms with Crippen molar-refractivity contribution in [3.63, 3.8) is 0 Å². The molecule has 1 aliphatic heterocycles. The summed E-state index contributed by atoms with van der Waals surface area (Å²) in [6, 6.07) is 5.23. The summed E-state index contributed by atoms with van der Waals surface area (Å²) in [6.45, 7) is 3.99. The minimum absolute atomic E-state index is 0.0153. The summed E-state index contributed by atoms with van der Waals surface area (Å²) in [5.41, 5.74) is 1.29. The number of Topliss-reactive ketones (excluding diaryl/α,β-unsaturated/α-hetero) is 1. The molecule has 0 saturated heterocycles. The second-order valence-electron chi connectivity index (χ2n) is 5.04. The van der Waals surface area contributed by atoms with Gasteiger partial charge in [0.05, 0.1) is 12.3 Å². The molecular weight excluding hydrogens is 302 g/mol. The van der Waals surface area contributed by atoms with Gasteiger partial charge in [0.15, 0.2) is 5.78 Å². The van der Waals surface area contributed by atoms with Gasteiger partial charge in [-0.25, -0.2) is 0 Å². The topological polar surface area (TPSA) is 64.6 Å². The van der Waals surface area contributed by atoms with Crippen molar-refractivity contribution in [2.45, 2.75) is 39.2 Å². The van der Waals surface area contributed by atoms with Crippen molar-refractivity contribution in [3.05, 3.63) is 23.8 Å². The molecule has 118 valence electrons. The third kappa shape index (κ3) is 4.04. The first-order chi connectivity index (χ1) is 10.5. The molecule has 5 nitrogen and oxygen atoms in total. The predicted molar refractivity (Wildman–Crippen MR) is 87.6 cm³/mol. The normalized spacial score (nSPS) is 16.3. The monoisotopic (exact) mass is 321 g/mol. The molecule has 0 radical (unpaired) electrons. The summed E-state index contributed by atoms with van der Waals surface area (Å²) in [7, 11) is 0. The van der Waals surface area contributed by atoms with E-state index in [0.29, 0.717) is 41.4 Å². The van der Waals surface area contributed by atoms with E-state index in [0.717, 1.165) is 0 Å². The van der Waals surface area contributed by atoms with E-state index in [1.54, 1.807) is 25.1 Å². The van der Waals surface area contributed by atoms with Crippen LogP contribution in [0.1, 0.15) is 43.5 Å². The highest BCUT2D eigenvalue weighted by atomic mass is 32.1. The Morgan fingerprint density at radius 3 is 2.86 bits per heavy atom. The second-order valence-corrected chi connectivity index (χ2v) is 5.48. The molecule has 1 aromatic carbocycles. The third-order valence-corrected chi connectivity index (χ3v) is 3.76. The molecule has 1 heterocycles. The van der Waals surface area contributed by atoms with E-state index in [4.69, 9.17) is 21.7 Å². The molecule has 0 spiro atoms. The van der Waals surface area contributed by atoms with Gasteiger partial charge < -0.3 is 14.8 Å². The molecule has 1 aromatic rings. The number of ketones is 1. The second kappa shape index (κ2) is 7.35. The van der Waals surface area contributed by atoms with Crippen LogP contribution in [0.2, 0.25) is 0 Å². The van der Waals surface area contributed by atoms with E-state index in [-0.39, 0.29) is 24.3 Å². The molecule has 0 aliphatic carbocycles. The molecule has 0 saturated carbocycles. The van der Waals surface area contributed by atoms with Gasteiger partial charge in [0.1, 0.15) is 16.8 Å². The number of carbonyl (C=O) groups excluding carboxylic acids is 2. The Labute approximate surface area is 135 Å². The molecular formula is C16H19NO4S. The highest BCUT2D eigenvalue weighted by Gasteiger charge is 2.21. The van der Waals surface area contributed by atoms with Gasteiger partial charge in [0.2, 0.25) is 0 Å². The standard InChI is InChI=1S/C16H19NO4S/c1-3-20-15(19)6-4-5-13(18)11-7-8-14-12(9-11)17-16(22)10(2)21-14/h7-10H,3-6H2,1-2H3,(H,17,22). The maximum absolute atomic E-state index is 12.2. The van der Waals surface area contributed by atoms with Gasteiger partial charge in [-0.15, -0.1) is 0 Å². The van der Waals surface area contributed by atoms with E-state index in [9.17, 15) is 9.59 Å². The first-order valence-electron chi connectivity index (χ1n) is 7.31. The van der Waals surface area contributed by atoms with Crippen LogP contribution in [0.25, 0.3) is 0 Å². The largest absolute Gasteiger partial charge is 0.481 e. The molecule has 22 heavy (non-hydrogen) atoms. The van der Waals surface area contributed by atoms with E-state index in [2.05, 4.69) is 5.32 Å². The summed E-state index contributed by atoms with van der Waals surface area (Å²) < 4.78 is 10.5. The van der Waals surface area contributed by atoms with Crippen LogP contribution in [0, 0.1) is 0 Å². The molecule has 1 aliphatic rings. The lowest BCUT2D eigenvalue weighted by Gasteiger charge is -2.25. The number of carbonyl (C=O) groups is 2. The molecule has 0 aromatic heterocycles. The van der Waals surface area contributed by atoms with Crippen molar-refractivity contribution in [1.29, 1.82) is 0 Å². The van der Waals surface area contributed by atoms with Crippen LogP contribution in [-0.4, -0.2) is 29.5 Å². The van der Waals surface area contributed by atoms with Crippen LogP contribution >= 0.6 is 12.2 Å². The maximum atomic E-state index is 12.2. The zero-order valence-corrected chi connectivity index (χ0v) is 13.5. The number of nitrogens with one attached hydrogen (secondary N) is 1. The zero-order valence-electron chi connectivity index (χ0n) is 12.7. The number of fused-ring (bicyclic) bond motifs is 1. The fourth-order valence-corrected chi connectivity index (χ4v) is 2.31. The van der Waals surface area contributed by atoms with Crippen LogP contribution < -0.4 is 10.1 Å². The number of rotatable bonds is 6. The predicted octanol–water partition coefficient (Wildman–Crippen LogP) is 3.12. The van der Waals surface area contributed by atoms with Crippen molar-refractivity contribution in [1.82, 2.24) is 0 Å². The summed E-state index contributed by atoms with van der Waals surface area (Å²) in [5.74, 6) is 0.401. The van der Waals surface area contributed by atoms with Crippen LogP contribution in [-0.2, 0) is 9.53 Å². The molecule has 0 amide bonds. The summed E-state index contributed by atoms with van der Waals surface area (Å²) in [5, 5.41) is 3.08. The lowest BCUT2D eigenvalue weighted by molar-refractivity contribution is -0.143. The summed E-state index contributed by atoms with van der Waals surface area (Å²) in [6.07, 6.45) is 0.870. The number of benzene rings is 1. The Bertz CT molecular complexity index is 600. The lowest BCUT2D eigenvalue weighted by atomic mass is 10.0. The van der Waals surface area contributed by atoms with Crippen LogP contribution in [0.15, 0.2) is 18.2 Å². The quantitative estimate of drug-likeness (QED) is 0.493. The summed E-state index contributed by atoms with van der Waals surface area (Å²) in [4.78, 5) is 24.0. The highest BCUT2D eigenvalue weighted by Crippen LogP contribution is 2.31. The SMILES string of the molecule is CCOC(=O)CCCC(=O)c1ccc2c(c1)NC(=S)C(C)O2. The van der Waals surface area contributed by atoms with Crippen molar-refractivity contribution in [2.24, 2.45) is 0 Å². The Morgan fingerprint density at radius 2 is 2.14 bits per heavy atom. The van der Waals surface area contributed by atoms with Gasteiger partial charge in [-0.3, -0.25) is 9.59 Å². The molecule has 1 atom stereocenters. The van der Waals surface area contributed by atoms with Crippen LogP contribution in [0.4, 0.5) is 5.69 Å². The number of hydrogen-bond acceptors (Lipinski definition) is 5. The molecule has 0 fully saturated rings. The number of ether oxygens (including phenoxy) is 2. The Balaban J connectivity index is 1.95. The van der Waals surface area contributed by atoms with Crippen LogP contribution in [0.3, 0.4) is 0 Å². The molecule has 1 unspecified atom stereocenters. The fourth-order valence-electron chi connectivity index (χ4n) is 2.15. The Kier molecular flexibility index (Phi) is 5.49. The van der Waals surface area contributed by atoms with Crippen molar-refractivity contribution >= 4 is 34.6 Å². The minimum Gasteiger partial charge on any atom is -0.481 e. The molecule has 0 bridgehead atoms. The van der Waals surface area contributed by atoms with E-state index in [1.807, 2.05) is 6.92 Å². The van der Waals surface area contributed by atoms with Crippen molar-refractivity contribution in [3.8, 4) is 5.75 Å². The van der Waals surface area contributed by atoms with Gasteiger partial charge in [-0.05, 0) is 38.5 Å². The first kappa shape index (κ1) is 16.4. The van der Waals surface area contributed by atoms with E-state index >= 15 is 0 Å². The Morgan fingerprint density at radius 1 is 1.36 bits per heavy atom. The highest BCUT2D eigenvalue weighted by molar-refractivity contribution is 7.80. The average Bonchev–Trinajstić information content (AvgIpc) is 2.48.